The molecule has 35 heavy (non-hydrogen) atoms. The third kappa shape index (κ3) is 4.79. The second kappa shape index (κ2) is 9.31. The van der Waals surface area contributed by atoms with Crippen molar-refractivity contribution < 1.29 is 17.1 Å². The molecule has 0 aliphatic heterocycles. The Kier molecular flexibility index (Phi) is 6.05. The van der Waals surface area contributed by atoms with Gasteiger partial charge in [0.2, 0.25) is 0 Å². The van der Waals surface area contributed by atoms with Gasteiger partial charge in [-0.3, -0.25) is 4.79 Å². The topological polar surface area (TPSA) is 54.5 Å². The molecule has 174 valence electrons. The molecule has 0 saturated heterocycles. The van der Waals surface area contributed by atoms with Gasteiger partial charge in [0.1, 0.15) is 0 Å². The number of fused-ring (bicyclic) bond motifs is 2. The standard InChI is InChI=1S/C29H22FNO3S/c30-35(33,34)26-17-15-23(16-18-26)29(32)31(19-24-11-5-9-21-7-1-3-13-27(21)24)20-25-12-6-10-22-8-2-4-14-28(22)25/h1-18H,19-20H2. The highest BCUT2D eigenvalue weighted by Gasteiger charge is 2.20. The first kappa shape index (κ1) is 22.7. The van der Waals surface area contributed by atoms with E-state index in [0.29, 0.717) is 13.1 Å². The molecule has 4 nitrogen and oxygen atoms in total. The monoisotopic (exact) mass is 483 g/mol. The van der Waals surface area contributed by atoms with E-state index in [0.717, 1.165) is 44.8 Å². The van der Waals surface area contributed by atoms with Crippen molar-refractivity contribution in [3.05, 3.63) is 126 Å². The Morgan fingerprint density at radius 1 is 0.629 bits per heavy atom. The number of nitrogens with zero attached hydrogens (tertiary/aromatic N) is 1. The van der Waals surface area contributed by atoms with Crippen LogP contribution in [0.15, 0.2) is 114 Å². The molecule has 0 heterocycles. The number of carbonyl (C=O) groups excluding carboxylic acids is 1. The molecule has 0 radical (unpaired) electrons. The Morgan fingerprint density at radius 3 is 1.57 bits per heavy atom. The predicted molar refractivity (Wildman–Crippen MR) is 136 cm³/mol. The summed E-state index contributed by atoms with van der Waals surface area (Å²) < 4.78 is 35.8. The number of rotatable bonds is 6. The molecule has 1 amide bonds. The summed E-state index contributed by atoms with van der Waals surface area (Å²) in [6.07, 6.45) is 0. The van der Waals surface area contributed by atoms with Gasteiger partial charge in [0.15, 0.2) is 0 Å². The summed E-state index contributed by atoms with van der Waals surface area (Å²) in [5.41, 5.74) is 2.29. The minimum absolute atomic E-state index is 0.270. The fourth-order valence-corrected chi connectivity index (χ4v) is 4.88. The SMILES string of the molecule is O=C(c1ccc(S(=O)(=O)F)cc1)N(Cc1cccc2ccccc12)Cc1cccc2ccccc12. The average molecular weight is 484 g/mol. The summed E-state index contributed by atoms with van der Waals surface area (Å²) in [7, 11) is -4.84. The average Bonchev–Trinajstić information content (AvgIpc) is 2.88. The highest BCUT2D eigenvalue weighted by atomic mass is 32.3. The number of benzene rings is 5. The molecule has 5 rings (SSSR count). The summed E-state index contributed by atoms with van der Waals surface area (Å²) in [6.45, 7) is 0.707. The summed E-state index contributed by atoms with van der Waals surface area (Å²) in [4.78, 5) is 14.9. The minimum atomic E-state index is -4.84. The van der Waals surface area contributed by atoms with Crippen LogP contribution in [0.25, 0.3) is 21.5 Å². The number of hydrogen-bond donors (Lipinski definition) is 0. The van der Waals surface area contributed by atoms with E-state index in [2.05, 4.69) is 0 Å². The maximum atomic E-state index is 13.7. The summed E-state index contributed by atoms with van der Waals surface area (Å²) >= 11 is 0. The molecule has 0 spiro atoms. The molecule has 0 aliphatic carbocycles. The lowest BCUT2D eigenvalue weighted by molar-refractivity contribution is 0.0731. The molecule has 0 fully saturated rings. The van der Waals surface area contributed by atoms with Gasteiger partial charge in [0.25, 0.3) is 5.91 Å². The quantitative estimate of drug-likeness (QED) is 0.259. The first-order valence-corrected chi connectivity index (χ1v) is 12.6. The van der Waals surface area contributed by atoms with Crippen LogP contribution in [0.5, 0.6) is 0 Å². The normalized spacial score (nSPS) is 11.6. The molecular formula is C29H22FNO3S. The van der Waals surface area contributed by atoms with Gasteiger partial charge < -0.3 is 4.90 Å². The zero-order valence-corrected chi connectivity index (χ0v) is 19.6. The first-order valence-electron chi connectivity index (χ1n) is 11.2. The molecule has 0 aromatic heterocycles. The third-order valence-corrected chi connectivity index (χ3v) is 6.99. The maximum Gasteiger partial charge on any atom is 0.332 e. The molecule has 6 heteroatoms. The Labute approximate surface area is 203 Å². The third-order valence-electron chi connectivity index (χ3n) is 6.15. The van der Waals surface area contributed by atoms with Gasteiger partial charge in [-0.1, -0.05) is 84.9 Å². The van der Waals surface area contributed by atoms with Crippen LogP contribution in [0.1, 0.15) is 21.5 Å². The van der Waals surface area contributed by atoms with Gasteiger partial charge in [-0.15, -0.1) is 3.89 Å². The molecule has 0 saturated carbocycles. The van der Waals surface area contributed by atoms with Gasteiger partial charge in [-0.25, -0.2) is 0 Å². The Morgan fingerprint density at radius 2 is 1.09 bits per heavy atom. The fourth-order valence-electron chi connectivity index (χ4n) is 4.41. The van der Waals surface area contributed by atoms with Crippen molar-refractivity contribution in [3.8, 4) is 0 Å². The van der Waals surface area contributed by atoms with Crippen molar-refractivity contribution in [2.75, 3.05) is 0 Å². The Hall–Kier alpha value is -4.03. The van der Waals surface area contributed by atoms with E-state index in [-0.39, 0.29) is 11.5 Å². The molecule has 0 atom stereocenters. The van der Waals surface area contributed by atoms with E-state index < -0.39 is 15.1 Å². The van der Waals surface area contributed by atoms with Crippen LogP contribution < -0.4 is 0 Å². The summed E-state index contributed by atoms with van der Waals surface area (Å²) in [5, 5.41) is 4.29. The largest absolute Gasteiger partial charge is 0.332 e. The smallest absolute Gasteiger partial charge is 0.330 e. The van der Waals surface area contributed by atoms with E-state index in [4.69, 9.17) is 0 Å². The molecule has 5 aromatic carbocycles. The fraction of sp³-hybridized carbons (Fsp3) is 0.0690. The lowest BCUT2D eigenvalue weighted by atomic mass is 10.0. The maximum absolute atomic E-state index is 13.7. The van der Waals surface area contributed by atoms with Gasteiger partial charge >= 0.3 is 10.2 Å². The highest BCUT2D eigenvalue weighted by molar-refractivity contribution is 7.86. The van der Waals surface area contributed by atoms with Gasteiger partial charge in [-0.05, 0) is 56.9 Å². The van der Waals surface area contributed by atoms with E-state index in [1.54, 1.807) is 4.90 Å². The van der Waals surface area contributed by atoms with E-state index >= 15 is 0 Å². The summed E-state index contributed by atoms with van der Waals surface area (Å²) in [5.74, 6) is -0.270. The van der Waals surface area contributed by atoms with Crippen LogP contribution >= 0.6 is 0 Å². The molecule has 5 aromatic rings. The number of halogens is 1. The zero-order valence-electron chi connectivity index (χ0n) is 18.8. The van der Waals surface area contributed by atoms with Crippen molar-refractivity contribution in [2.45, 2.75) is 18.0 Å². The highest BCUT2D eigenvalue weighted by Crippen LogP contribution is 2.25. The number of hydrogen-bond acceptors (Lipinski definition) is 3. The van der Waals surface area contributed by atoms with Gasteiger partial charge in [-0.2, -0.15) is 8.42 Å². The first-order chi connectivity index (χ1) is 16.9. The van der Waals surface area contributed by atoms with Crippen LogP contribution in [0.4, 0.5) is 3.89 Å². The molecule has 0 N–H and O–H groups in total. The number of amides is 1. The van der Waals surface area contributed by atoms with Crippen LogP contribution in [-0.2, 0) is 23.3 Å². The van der Waals surface area contributed by atoms with Gasteiger partial charge in [0.05, 0.1) is 4.90 Å². The van der Waals surface area contributed by atoms with Crippen molar-refractivity contribution in [3.63, 3.8) is 0 Å². The van der Waals surface area contributed by atoms with Crippen molar-refractivity contribution in [1.82, 2.24) is 4.90 Å². The Bertz CT molecular complexity index is 1550. The van der Waals surface area contributed by atoms with E-state index in [1.165, 1.54) is 12.1 Å². The van der Waals surface area contributed by atoms with E-state index in [1.807, 2.05) is 84.9 Å². The van der Waals surface area contributed by atoms with Crippen LogP contribution in [0.2, 0.25) is 0 Å². The van der Waals surface area contributed by atoms with Crippen molar-refractivity contribution in [2.24, 2.45) is 0 Å². The molecule has 0 unspecified atom stereocenters. The molecule has 0 bridgehead atoms. The lowest BCUT2D eigenvalue weighted by Gasteiger charge is -2.25. The second-order valence-electron chi connectivity index (χ2n) is 8.40. The van der Waals surface area contributed by atoms with Gasteiger partial charge in [0, 0.05) is 18.7 Å². The zero-order chi connectivity index (χ0) is 24.4. The van der Waals surface area contributed by atoms with Crippen molar-refractivity contribution >= 4 is 37.7 Å². The molecular weight excluding hydrogens is 461 g/mol. The number of carbonyl (C=O) groups is 1. The van der Waals surface area contributed by atoms with Crippen LogP contribution in [0.3, 0.4) is 0 Å². The molecule has 0 aliphatic rings. The minimum Gasteiger partial charge on any atom is -0.330 e. The van der Waals surface area contributed by atoms with Crippen molar-refractivity contribution in [1.29, 1.82) is 0 Å². The van der Waals surface area contributed by atoms with E-state index in [9.17, 15) is 17.1 Å². The lowest BCUT2D eigenvalue weighted by Crippen LogP contribution is -2.30. The summed E-state index contributed by atoms with van der Waals surface area (Å²) in [6, 6.07) is 33.0. The second-order valence-corrected chi connectivity index (χ2v) is 9.75. The Balaban J connectivity index is 1.56. The van der Waals surface area contributed by atoms with Crippen LogP contribution in [0, 0.1) is 0 Å². The van der Waals surface area contributed by atoms with Crippen LogP contribution in [-0.4, -0.2) is 19.2 Å². The predicted octanol–water partition coefficient (Wildman–Crippen LogP) is 6.49.